The van der Waals surface area contributed by atoms with E-state index in [0.29, 0.717) is 29.5 Å². The molecule has 4 saturated carbocycles. The Labute approximate surface area is 104 Å². The van der Waals surface area contributed by atoms with Gasteiger partial charge in [-0.15, -0.1) is 0 Å². The molecule has 4 aliphatic rings. The summed E-state index contributed by atoms with van der Waals surface area (Å²) in [5.41, 5.74) is 6.09. The van der Waals surface area contributed by atoms with Crippen LogP contribution in [0.15, 0.2) is 0 Å². The highest BCUT2D eigenvalue weighted by Gasteiger charge is 2.51. The molecule has 4 bridgehead atoms. The Morgan fingerprint density at radius 1 is 1.00 bits per heavy atom. The smallest absolute Gasteiger partial charge is 0.153 e. The number of hydrogen-bond acceptors (Lipinski definition) is 2. The maximum Gasteiger partial charge on any atom is 0.153 e. The second kappa shape index (κ2) is 4.08. The number of hydrogen-bond donors (Lipinski definition) is 1. The van der Waals surface area contributed by atoms with Crippen LogP contribution in [0, 0.1) is 35.5 Å². The summed E-state index contributed by atoms with van der Waals surface area (Å²) in [6, 6.07) is -0.225. The molecule has 4 aliphatic carbocycles. The lowest BCUT2D eigenvalue weighted by atomic mass is 9.50. The Morgan fingerprint density at radius 3 is 1.88 bits per heavy atom. The summed E-state index contributed by atoms with van der Waals surface area (Å²) in [6.07, 6.45) is 6.70. The molecule has 2 N–H and O–H groups in total. The van der Waals surface area contributed by atoms with E-state index in [1.807, 2.05) is 0 Å². The van der Waals surface area contributed by atoms with Crippen LogP contribution < -0.4 is 5.73 Å². The Bertz CT molecular complexity index is 295. The number of carbonyl (C=O) groups excluding carboxylic acids is 1. The summed E-state index contributed by atoms with van der Waals surface area (Å²) in [5.74, 6) is 4.24. The van der Waals surface area contributed by atoms with Crippen molar-refractivity contribution in [3.63, 3.8) is 0 Å². The quantitative estimate of drug-likeness (QED) is 0.817. The zero-order valence-electron chi connectivity index (χ0n) is 11.1. The van der Waals surface area contributed by atoms with E-state index >= 15 is 0 Å². The Morgan fingerprint density at radius 2 is 1.47 bits per heavy atom. The molecule has 4 rings (SSSR count). The van der Waals surface area contributed by atoms with Crippen LogP contribution in [0.25, 0.3) is 0 Å². The van der Waals surface area contributed by atoms with Gasteiger partial charge in [0.2, 0.25) is 0 Å². The average Bonchev–Trinajstić information content (AvgIpc) is 2.26. The van der Waals surface area contributed by atoms with Gasteiger partial charge in [0, 0.05) is 5.92 Å². The van der Waals surface area contributed by atoms with Crippen molar-refractivity contribution in [2.24, 2.45) is 41.2 Å². The molecule has 1 atom stereocenters. The van der Waals surface area contributed by atoms with E-state index < -0.39 is 0 Å². The van der Waals surface area contributed by atoms with Crippen LogP contribution in [0.5, 0.6) is 0 Å². The van der Waals surface area contributed by atoms with Gasteiger partial charge in [-0.1, -0.05) is 13.8 Å². The average molecular weight is 235 g/mol. The highest BCUT2D eigenvalue weighted by Crippen LogP contribution is 2.56. The van der Waals surface area contributed by atoms with Crippen LogP contribution in [0.2, 0.25) is 0 Å². The first-order valence-corrected chi connectivity index (χ1v) is 7.35. The van der Waals surface area contributed by atoms with Gasteiger partial charge in [-0.25, -0.2) is 0 Å². The van der Waals surface area contributed by atoms with E-state index in [2.05, 4.69) is 13.8 Å². The second-order valence-electron chi connectivity index (χ2n) is 7.13. The molecule has 0 aromatic carbocycles. The topological polar surface area (TPSA) is 43.1 Å². The van der Waals surface area contributed by atoms with Gasteiger partial charge in [-0.05, 0) is 61.7 Å². The maximum absolute atomic E-state index is 12.5. The number of nitrogens with two attached hydrogens (primary N) is 1. The molecule has 17 heavy (non-hydrogen) atoms. The third-order valence-corrected chi connectivity index (χ3v) is 5.60. The Kier molecular flexibility index (Phi) is 2.81. The fourth-order valence-electron chi connectivity index (χ4n) is 4.94. The summed E-state index contributed by atoms with van der Waals surface area (Å²) in [5, 5.41) is 0. The molecule has 2 heteroatoms. The Balaban J connectivity index is 1.78. The monoisotopic (exact) mass is 235 g/mol. The minimum atomic E-state index is -0.225. The highest BCUT2D eigenvalue weighted by molar-refractivity contribution is 5.87. The number of rotatable bonds is 3. The molecule has 4 fully saturated rings. The van der Waals surface area contributed by atoms with Gasteiger partial charge in [0.05, 0.1) is 6.04 Å². The van der Waals surface area contributed by atoms with Crippen molar-refractivity contribution >= 4 is 5.78 Å². The molecule has 0 radical (unpaired) electrons. The normalized spacial score (nSPS) is 45.3. The minimum Gasteiger partial charge on any atom is -0.321 e. The summed E-state index contributed by atoms with van der Waals surface area (Å²) in [4.78, 5) is 12.5. The van der Waals surface area contributed by atoms with Gasteiger partial charge in [0.15, 0.2) is 5.78 Å². The van der Waals surface area contributed by atoms with Crippen molar-refractivity contribution in [1.29, 1.82) is 0 Å². The first-order valence-electron chi connectivity index (χ1n) is 7.35. The number of carbonyl (C=O) groups is 1. The highest BCUT2D eigenvalue weighted by atomic mass is 16.1. The van der Waals surface area contributed by atoms with Crippen LogP contribution in [0.4, 0.5) is 0 Å². The summed E-state index contributed by atoms with van der Waals surface area (Å²) >= 11 is 0. The van der Waals surface area contributed by atoms with Crippen LogP contribution in [0.3, 0.4) is 0 Å². The zero-order valence-corrected chi connectivity index (χ0v) is 11.1. The van der Waals surface area contributed by atoms with Gasteiger partial charge in [0.1, 0.15) is 0 Å². The van der Waals surface area contributed by atoms with Crippen LogP contribution in [-0.4, -0.2) is 11.8 Å². The molecule has 0 aliphatic heterocycles. The minimum absolute atomic E-state index is 0.225. The molecular weight excluding hydrogens is 210 g/mol. The summed E-state index contributed by atoms with van der Waals surface area (Å²) < 4.78 is 0. The van der Waals surface area contributed by atoms with Crippen molar-refractivity contribution in [2.75, 3.05) is 0 Å². The lowest BCUT2D eigenvalue weighted by Gasteiger charge is -2.54. The van der Waals surface area contributed by atoms with Gasteiger partial charge < -0.3 is 5.73 Å². The first-order chi connectivity index (χ1) is 8.06. The third kappa shape index (κ3) is 1.85. The maximum atomic E-state index is 12.5. The lowest BCUT2D eigenvalue weighted by molar-refractivity contribution is -0.138. The van der Waals surface area contributed by atoms with E-state index in [4.69, 9.17) is 5.73 Å². The molecule has 0 aromatic heterocycles. The van der Waals surface area contributed by atoms with E-state index in [1.54, 1.807) is 0 Å². The molecule has 0 amide bonds. The first kappa shape index (κ1) is 11.7. The molecule has 1 unspecified atom stereocenters. The van der Waals surface area contributed by atoms with Crippen LogP contribution in [0.1, 0.15) is 46.0 Å². The molecule has 0 spiro atoms. The summed E-state index contributed by atoms with van der Waals surface area (Å²) in [6.45, 7) is 4.14. The molecule has 0 aromatic rings. The number of Topliss-reactive ketones (excluding diaryl/α,β-unsaturated/α-hetero) is 1. The van der Waals surface area contributed by atoms with Crippen LogP contribution >= 0.6 is 0 Å². The lowest BCUT2D eigenvalue weighted by Crippen LogP contribution is -2.52. The van der Waals surface area contributed by atoms with Crippen molar-refractivity contribution in [3.05, 3.63) is 0 Å². The molecule has 96 valence electrons. The Hall–Kier alpha value is -0.370. The fraction of sp³-hybridized carbons (Fsp3) is 0.933. The second-order valence-corrected chi connectivity index (χ2v) is 7.13. The largest absolute Gasteiger partial charge is 0.321 e. The van der Waals surface area contributed by atoms with Crippen molar-refractivity contribution in [1.82, 2.24) is 0 Å². The van der Waals surface area contributed by atoms with E-state index in [9.17, 15) is 4.79 Å². The molecular formula is C15H25NO. The van der Waals surface area contributed by atoms with Crippen molar-refractivity contribution < 1.29 is 4.79 Å². The third-order valence-electron chi connectivity index (χ3n) is 5.60. The van der Waals surface area contributed by atoms with Gasteiger partial charge >= 0.3 is 0 Å². The molecule has 0 saturated heterocycles. The van der Waals surface area contributed by atoms with Crippen LogP contribution in [-0.2, 0) is 4.79 Å². The SMILES string of the molecule is CC(C)C(N)C(=O)C1C2CC3CC(C2)CC1C3. The predicted molar refractivity (Wildman–Crippen MR) is 68.4 cm³/mol. The van der Waals surface area contributed by atoms with E-state index in [0.717, 1.165) is 11.8 Å². The summed E-state index contributed by atoms with van der Waals surface area (Å²) in [7, 11) is 0. The zero-order chi connectivity index (χ0) is 12.2. The standard InChI is InChI=1S/C15H25NO/c1-8(2)14(16)15(17)13-11-4-9-3-10(6-11)7-12(13)5-9/h8-14H,3-7,16H2,1-2H3. The molecule has 0 heterocycles. The van der Waals surface area contributed by atoms with Crippen molar-refractivity contribution in [2.45, 2.75) is 52.0 Å². The van der Waals surface area contributed by atoms with Gasteiger partial charge in [-0.3, -0.25) is 4.79 Å². The van der Waals surface area contributed by atoms with E-state index in [-0.39, 0.29) is 6.04 Å². The fourth-order valence-corrected chi connectivity index (χ4v) is 4.94. The molecule has 2 nitrogen and oxygen atoms in total. The van der Waals surface area contributed by atoms with E-state index in [1.165, 1.54) is 32.1 Å². The van der Waals surface area contributed by atoms with Crippen molar-refractivity contribution in [3.8, 4) is 0 Å². The van der Waals surface area contributed by atoms with Gasteiger partial charge in [-0.2, -0.15) is 0 Å². The number of ketones is 1. The predicted octanol–water partition coefficient (Wildman–Crippen LogP) is 2.61. The van der Waals surface area contributed by atoms with Gasteiger partial charge in [0.25, 0.3) is 0 Å².